The topological polar surface area (TPSA) is 142 Å². The van der Waals surface area contributed by atoms with Gasteiger partial charge in [-0.15, -0.1) is 0 Å². The molecule has 0 aliphatic rings. The summed E-state index contributed by atoms with van der Waals surface area (Å²) in [6, 6.07) is -3.18. The molecule has 0 saturated carbocycles. The molecule has 0 aromatic heterocycles. The van der Waals surface area contributed by atoms with E-state index >= 15 is 0 Å². The minimum Gasteiger partial charge on any atom is -0.480 e. The van der Waals surface area contributed by atoms with Crippen molar-refractivity contribution in [3.8, 4) is 0 Å². The number of aliphatic hydroxyl groups excluding tert-OH is 1. The zero-order chi connectivity index (χ0) is 14.1. The first-order chi connectivity index (χ1) is 8.42. The van der Waals surface area contributed by atoms with Crippen molar-refractivity contribution in [2.24, 2.45) is 5.73 Å². The Labute approximate surface area is 108 Å². The van der Waals surface area contributed by atoms with E-state index in [2.05, 4.69) is 10.6 Å². The van der Waals surface area contributed by atoms with Gasteiger partial charge in [0.05, 0.1) is 6.61 Å². The molecule has 0 spiro atoms. The molecule has 2 unspecified atom stereocenters. The number of carboxylic acids is 1. The Morgan fingerprint density at radius 2 is 1.89 bits per heavy atom. The maximum absolute atomic E-state index is 11.7. The highest BCUT2D eigenvalue weighted by molar-refractivity contribution is 7.98. The van der Waals surface area contributed by atoms with Crippen LogP contribution in [0.2, 0.25) is 0 Å². The number of thioether (sulfide) groups is 1. The highest BCUT2D eigenvalue weighted by atomic mass is 32.2. The maximum Gasteiger partial charge on any atom is 0.328 e. The number of nitrogens with one attached hydrogen (secondary N) is 2. The van der Waals surface area contributed by atoms with Crippen LogP contribution in [0.25, 0.3) is 0 Å². The molecule has 8 nitrogen and oxygen atoms in total. The lowest BCUT2D eigenvalue weighted by atomic mass is 10.2. The fourth-order valence-corrected chi connectivity index (χ4v) is 1.61. The number of primary amides is 1. The molecule has 18 heavy (non-hydrogen) atoms. The minimum absolute atomic E-state index is 0.313. The van der Waals surface area contributed by atoms with E-state index in [1.54, 1.807) is 0 Å². The molecule has 0 radical (unpaired) electrons. The van der Waals surface area contributed by atoms with Crippen molar-refractivity contribution in [2.45, 2.75) is 18.5 Å². The van der Waals surface area contributed by atoms with Crippen LogP contribution in [0.3, 0.4) is 0 Å². The first kappa shape index (κ1) is 16.5. The van der Waals surface area contributed by atoms with Crippen molar-refractivity contribution in [1.82, 2.24) is 10.6 Å². The predicted molar refractivity (Wildman–Crippen MR) is 66.2 cm³/mol. The fraction of sp³-hybridized carbons (Fsp3) is 0.667. The number of amides is 3. The molecular formula is C9H17N3O5S. The Balaban J connectivity index is 4.52. The molecule has 0 saturated heterocycles. The van der Waals surface area contributed by atoms with E-state index in [0.29, 0.717) is 12.2 Å². The number of aliphatic carboxylic acids is 1. The average Bonchev–Trinajstić information content (AvgIpc) is 2.30. The van der Waals surface area contributed by atoms with Crippen LogP contribution >= 0.6 is 11.8 Å². The summed E-state index contributed by atoms with van der Waals surface area (Å²) in [5.74, 6) is -1.45. The van der Waals surface area contributed by atoms with Gasteiger partial charge in [-0.3, -0.25) is 4.79 Å². The number of urea groups is 1. The lowest BCUT2D eigenvalue weighted by Crippen LogP contribution is -2.53. The minimum atomic E-state index is -1.40. The zero-order valence-corrected chi connectivity index (χ0v) is 10.7. The van der Waals surface area contributed by atoms with Crippen LogP contribution in [-0.2, 0) is 9.59 Å². The third kappa shape index (κ3) is 6.30. The van der Waals surface area contributed by atoms with Gasteiger partial charge in [-0.1, -0.05) is 0 Å². The fourth-order valence-electron chi connectivity index (χ4n) is 1.13. The van der Waals surface area contributed by atoms with Gasteiger partial charge in [0.25, 0.3) is 0 Å². The summed E-state index contributed by atoms with van der Waals surface area (Å²) in [5.41, 5.74) is 4.92. The van der Waals surface area contributed by atoms with Crippen LogP contribution in [0.5, 0.6) is 0 Å². The average molecular weight is 279 g/mol. The van der Waals surface area contributed by atoms with E-state index in [4.69, 9.17) is 15.9 Å². The van der Waals surface area contributed by atoms with Crippen LogP contribution < -0.4 is 16.4 Å². The Hall–Kier alpha value is -1.48. The second-order valence-corrected chi connectivity index (χ2v) is 4.41. The smallest absolute Gasteiger partial charge is 0.328 e. The summed E-state index contributed by atoms with van der Waals surface area (Å²) >= 11 is 1.47. The Kier molecular flexibility index (Phi) is 7.88. The number of hydrogen-bond donors (Lipinski definition) is 5. The summed E-state index contributed by atoms with van der Waals surface area (Å²) in [7, 11) is 0. The molecule has 0 aromatic rings. The maximum atomic E-state index is 11.7. The summed E-state index contributed by atoms with van der Waals surface area (Å²) in [5, 5.41) is 21.8. The van der Waals surface area contributed by atoms with Crippen molar-refractivity contribution in [2.75, 3.05) is 18.6 Å². The van der Waals surface area contributed by atoms with E-state index in [9.17, 15) is 14.4 Å². The first-order valence-corrected chi connectivity index (χ1v) is 6.50. The summed E-state index contributed by atoms with van der Waals surface area (Å²) < 4.78 is 0. The van der Waals surface area contributed by atoms with Gasteiger partial charge in [0.15, 0.2) is 0 Å². The van der Waals surface area contributed by atoms with Crippen LogP contribution in [0.4, 0.5) is 4.79 Å². The summed E-state index contributed by atoms with van der Waals surface area (Å²) in [6.45, 7) is -0.729. The van der Waals surface area contributed by atoms with Gasteiger partial charge in [-0.05, 0) is 18.4 Å². The first-order valence-electron chi connectivity index (χ1n) is 5.11. The number of nitrogens with two attached hydrogens (primary N) is 1. The Morgan fingerprint density at radius 1 is 1.28 bits per heavy atom. The molecule has 0 fully saturated rings. The zero-order valence-electron chi connectivity index (χ0n) is 9.88. The van der Waals surface area contributed by atoms with Crippen molar-refractivity contribution in [3.63, 3.8) is 0 Å². The van der Waals surface area contributed by atoms with Gasteiger partial charge in [0, 0.05) is 0 Å². The largest absolute Gasteiger partial charge is 0.480 e. The van der Waals surface area contributed by atoms with E-state index < -0.39 is 36.6 Å². The van der Waals surface area contributed by atoms with Crippen molar-refractivity contribution >= 4 is 29.7 Å². The Morgan fingerprint density at radius 3 is 2.28 bits per heavy atom. The SMILES string of the molecule is CSCCC(NC(N)=O)C(=O)NC(CO)C(=O)O. The molecule has 2 atom stereocenters. The van der Waals surface area contributed by atoms with E-state index in [1.807, 2.05) is 6.26 Å². The van der Waals surface area contributed by atoms with Crippen LogP contribution in [-0.4, -0.2) is 58.8 Å². The highest BCUT2D eigenvalue weighted by Crippen LogP contribution is 2.01. The number of carbonyl (C=O) groups is 3. The molecular weight excluding hydrogens is 262 g/mol. The number of carbonyl (C=O) groups excluding carboxylic acids is 2. The number of aliphatic hydroxyl groups is 1. The molecule has 6 N–H and O–H groups in total. The molecule has 0 aliphatic heterocycles. The van der Waals surface area contributed by atoms with Gasteiger partial charge in [0.2, 0.25) is 5.91 Å². The third-order valence-corrected chi connectivity index (χ3v) is 2.68. The standard InChI is InChI=1S/C9H17N3O5S/c1-18-3-2-5(12-9(10)17)7(14)11-6(4-13)8(15)16/h5-6,13H,2-4H2,1H3,(H,11,14)(H,15,16)(H3,10,12,17). The van der Waals surface area contributed by atoms with E-state index in [0.717, 1.165) is 0 Å². The molecule has 0 rings (SSSR count). The van der Waals surface area contributed by atoms with E-state index in [-0.39, 0.29) is 0 Å². The second kappa shape index (κ2) is 8.59. The Bertz CT molecular complexity index is 313. The van der Waals surface area contributed by atoms with Crippen LogP contribution in [0, 0.1) is 0 Å². The molecule has 0 heterocycles. The van der Waals surface area contributed by atoms with E-state index in [1.165, 1.54) is 11.8 Å². The molecule has 0 aromatic carbocycles. The molecule has 9 heteroatoms. The molecule has 3 amide bonds. The number of carboxylic acid groups (broad SMARTS) is 1. The van der Waals surface area contributed by atoms with Gasteiger partial charge in [-0.2, -0.15) is 11.8 Å². The lowest BCUT2D eigenvalue weighted by molar-refractivity contribution is -0.143. The van der Waals surface area contributed by atoms with Crippen LogP contribution in [0.15, 0.2) is 0 Å². The van der Waals surface area contributed by atoms with Gasteiger partial charge in [0.1, 0.15) is 12.1 Å². The summed E-state index contributed by atoms with van der Waals surface area (Å²) in [6.07, 6.45) is 2.14. The summed E-state index contributed by atoms with van der Waals surface area (Å²) in [4.78, 5) is 33.1. The number of hydrogen-bond acceptors (Lipinski definition) is 5. The van der Waals surface area contributed by atoms with Crippen molar-refractivity contribution in [3.05, 3.63) is 0 Å². The molecule has 104 valence electrons. The lowest BCUT2D eigenvalue weighted by Gasteiger charge is -2.19. The highest BCUT2D eigenvalue weighted by Gasteiger charge is 2.25. The normalized spacial score (nSPS) is 13.4. The van der Waals surface area contributed by atoms with Crippen molar-refractivity contribution < 1.29 is 24.6 Å². The van der Waals surface area contributed by atoms with Gasteiger partial charge >= 0.3 is 12.0 Å². The van der Waals surface area contributed by atoms with Gasteiger partial charge in [-0.25, -0.2) is 9.59 Å². The quantitative estimate of drug-likeness (QED) is 0.360. The van der Waals surface area contributed by atoms with Crippen molar-refractivity contribution in [1.29, 1.82) is 0 Å². The monoisotopic (exact) mass is 279 g/mol. The number of rotatable bonds is 8. The molecule has 0 bridgehead atoms. The predicted octanol–water partition coefficient (Wildman–Crippen LogP) is -1.66. The van der Waals surface area contributed by atoms with Gasteiger partial charge < -0.3 is 26.6 Å². The molecule has 0 aliphatic carbocycles. The third-order valence-electron chi connectivity index (χ3n) is 2.04. The second-order valence-electron chi connectivity index (χ2n) is 3.42. The van der Waals surface area contributed by atoms with Crippen LogP contribution in [0.1, 0.15) is 6.42 Å².